The molecule has 0 bridgehead atoms. The fraction of sp³-hybridized carbons (Fsp3) is 0.353. The molecule has 3 rings (SSSR count). The van der Waals surface area contributed by atoms with Gasteiger partial charge >= 0.3 is 0 Å². The normalized spacial score (nSPS) is 17.5. The van der Waals surface area contributed by atoms with Gasteiger partial charge in [-0.1, -0.05) is 0 Å². The van der Waals surface area contributed by atoms with Crippen LogP contribution in [0.3, 0.4) is 0 Å². The number of benzene rings is 1. The predicted octanol–water partition coefficient (Wildman–Crippen LogP) is 3.52. The SMILES string of the molecule is C[C@H]1COCCN1c1cc(CSc2ccc(C#N)cc2)nc(Cl)n1. The van der Waals surface area contributed by atoms with Gasteiger partial charge in [-0.05, 0) is 42.8 Å². The monoisotopic (exact) mass is 360 g/mol. The topological polar surface area (TPSA) is 62.0 Å². The predicted molar refractivity (Wildman–Crippen MR) is 95.4 cm³/mol. The minimum Gasteiger partial charge on any atom is -0.377 e. The summed E-state index contributed by atoms with van der Waals surface area (Å²) in [7, 11) is 0. The second-order valence-corrected chi connectivity index (χ2v) is 6.92. The first-order chi connectivity index (χ1) is 11.7. The summed E-state index contributed by atoms with van der Waals surface area (Å²) < 4.78 is 5.47. The number of nitriles is 1. The van der Waals surface area contributed by atoms with E-state index in [2.05, 4.69) is 27.9 Å². The Morgan fingerprint density at radius 3 is 2.88 bits per heavy atom. The molecular weight excluding hydrogens is 344 g/mol. The maximum absolute atomic E-state index is 8.84. The number of halogens is 1. The molecule has 1 atom stereocenters. The van der Waals surface area contributed by atoms with Crippen molar-refractivity contribution in [3.05, 3.63) is 46.9 Å². The first-order valence-corrected chi connectivity index (χ1v) is 9.03. The molecule has 0 spiro atoms. The highest BCUT2D eigenvalue weighted by molar-refractivity contribution is 7.98. The third-order valence-corrected chi connectivity index (χ3v) is 4.99. The van der Waals surface area contributed by atoms with E-state index < -0.39 is 0 Å². The van der Waals surface area contributed by atoms with Crippen molar-refractivity contribution in [3.8, 4) is 6.07 Å². The van der Waals surface area contributed by atoms with E-state index in [-0.39, 0.29) is 11.3 Å². The van der Waals surface area contributed by atoms with Gasteiger partial charge in [0.05, 0.1) is 36.6 Å². The Kier molecular flexibility index (Phi) is 5.56. The van der Waals surface area contributed by atoms with Crippen molar-refractivity contribution in [2.45, 2.75) is 23.6 Å². The molecule has 1 aromatic carbocycles. The van der Waals surface area contributed by atoms with Gasteiger partial charge in [0.2, 0.25) is 5.28 Å². The molecule has 7 heteroatoms. The third kappa shape index (κ3) is 4.18. The molecule has 1 aliphatic heterocycles. The van der Waals surface area contributed by atoms with Crippen LogP contribution >= 0.6 is 23.4 Å². The largest absolute Gasteiger partial charge is 0.377 e. The Morgan fingerprint density at radius 1 is 1.38 bits per heavy atom. The van der Waals surface area contributed by atoms with Gasteiger partial charge < -0.3 is 9.64 Å². The zero-order chi connectivity index (χ0) is 16.9. The number of anilines is 1. The van der Waals surface area contributed by atoms with Gasteiger partial charge in [0.15, 0.2) is 0 Å². The molecule has 124 valence electrons. The first-order valence-electron chi connectivity index (χ1n) is 7.66. The van der Waals surface area contributed by atoms with Crippen molar-refractivity contribution in [2.24, 2.45) is 0 Å². The lowest BCUT2D eigenvalue weighted by molar-refractivity contribution is 0.0985. The van der Waals surface area contributed by atoms with E-state index in [4.69, 9.17) is 21.6 Å². The number of hydrogen-bond acceptors (Lipinski definition) is 6. The van der Waals surface area contributed by atoms with Crippen LogP contribution in [0.25, 0.3) is 0 Å². The second-order valence-electron chi connectivity index (χ2n) is 5.53. The van der Waals surface area contributed by atoms with Crippen LogP contribution in [-0.2, 0) is 10.5 Å². The van der Waals surface area contributed by atoms with Gasteiger partial charge in [0.25, 0.3) is 0 Å². The minimum absolute atomic E-state index is 0.265. The van der Waals surface area contributed by atoms with Crippen LogP contribution < -0.4 is 4.90 Å². The molecule has 0 amide bonds. The molecule has 0 unspecified atom stereocenters. The molecule has 1 aliphatic rings. The van der Waals surface area contributed by atoms with Gasteiger partial charge in [-0.25, -0.2) is 9.97 Å². The molecule has 2 heterocycles. The fourth-order valence-electron chi connectivity index (χ4n) is 2.52. The molecule has 1 fully saturated rings. The fourth-order valence-corrected chi connectivity index (χ4v) is 3.51. The second kappa shape index (κ2) is 7.84. The van der Waals surface area contributed by atoms with Crippen molar-refractivity contribution in [3.63, 3.8) is 0 Å². The van der Waals surface area contributed by atoms with Crippen LogP contribution in [0.4, 0.5) is 5.82 Å². The number of morpholine rings is 1. The quantitative estimate of drug-likeness (QED) is 0.614. The van der Waals surface area contributed by atoms with Crippen LogP contribution in [0.1, 0.15) is 18.2 Å². The minimum atomic E-state index is 0.265. The van der Waals surface area contributed by atoms with Crippen molar-refractivity contribution in [1.82, 2.24) is 9.97 Å². The van der Waals surface area contributed by atoms with Gasteiger partial charge in [-0.3, -0.25) is 0 Å². The van der Waals surface area contributed by atoms with Gasteiger partial charge in [-0.2, -0.15) is 5.26 Å². The Labute approximate surface area is 150 Å². The third-order valence-electron chi connectivity index (χ3n) is 3.77. The van der Waals surface area contributed by atoms with E-state index in [0.29, 0.717) is 24.5 Å². The number of rotatable bonds is 4. The van der Waals surface area contributed by atoms with Crippen LogP contribution in [-0.4, -0.2) is 35.8 Å². The maximum Gasteiger partial charge on any atom is 0.224 e. The molecule has 2 aromatic rings. The summed E-state index contributed by atoms with van der Waals surface area (Å²) in [5.41, 5.74) is 1.55. The van der Waals surface area contributed by atoms with Crippen molar-refractivity contribution in [1.29, 1.82) is 5.26 Å². The van der Waals surface area contributed by atoms with E-state index in [1.807, 2.05) is 30.3 Å². The Balaban J connectivity index is 1.72. The van der Waals surface area contributed by atoms with Crippen LogP contribution in [0.2, 0.25) is 5.28 Å². The summed E-state index contributed by atoms with van der Waals surface area (Å²) in [6.45, 7) is 4.30. The van der Waals surface area contributed by atoms with E-state index in [9.17, 15) is 0 Å². The van der Waals surface area contributed by atoms with Gasteiger partial charge in [0.1, 0.15) is 5.82 Å². The van der Waals surface area contributed by atoms with Crippen LogP contribution in [0.15, 0.2) is 35.2 Å². The molecule has 0 aliphatic carbocycles. The van der Waals surface area contributed by atoms with E-state index in [0.717, 1.165) is 23.0 Å². The number of nitrogens with zero attached hydrogens (tertiary/aromatic N) is 4. The Morgan fingerprint density at radius 2 is 2.17 bits per heavy atom. The Bertz CT molecular complexity index is 747. The van der Waals surface area contributed by atoms with Gasteiger partial charge in [0, 0.05) is 23.3 Å². The van der Waals surface area contributed by atoms with E-state index in [1.54, 1.807) is 11.8 Å². The first kappa shape index (κ1) is 17.0. The molecule has 5 nitrogen and oxygen atoms in total. The van der Waals surface area contributed by atoms with Crippen molar-refractivity contribution >= 4 is 29.2 Å². The van der Waals surface area contributed by atoms with Crippen molar-refractivity contribution in [2.75, 3.05) is 24.7 Å². The summed E-state index contributed by atoms with van der Waals surface area (Å²) in [5.74, 6) is 1.54. The highest BCUT2D eigenvalue weighted by Gasteiger charge is 2.21. The molecule has 0 radical (unpaired) electrons. The smallest absolute Gasteiger partial charge is 0.224 e. The summed E-state index contributed by atoms with van der Waals surface area (Å²) in [5, 5.41) is 9.11. The lowest BCUT2D eigenvalue weighted by Crippen LogP contribution is -2.44. The molecular formula is C17H17ClN4OS. The lowest BCUT2D eigenvalue weighted by Gasteiger charge is -2.34. The number of thioether (sulfide) groups is 1. The standard InChI is InChI=1S/C17H17ClN4OS/c1-12-10-23-7-6-22(12)16-8-14(20-17(18)21-16)11-24-15-4-2-13(9-19)3-5-15/h2-5,8,12H,6-7,10-11H2,1H3/t12-/m0/s1. The summed E-state index contributed by atoms with van der Waals surface area (Å²) in [4.78, 5) is 12.0. The lowest BCUT2D eigenvalue weighted by atomic mass is 10.2. The molecule has 0 saturated carbocycles. The molecule has 0 N–H and O–H groups in total. The van der Waals surface area contributed by atoms with Crippen LogP contribution in [0.5, 0.6) is 0 Å². The summed E-state index contributed by atoms with van der Waals surface area (Å²) in [6, 6.07) is 11.9. The van der Waals surface area contributed by atoms with Crippen LogP contribution in [0, 0.1) is 11.3 Å². The van der Waals surface area contributed by atoms with E-state index >= 15 is 0 Å². The van der Waals surface area contributed by atoms with Gasteiger partial charge in [-0.15, -0.1) is 11.8 Å². The summed E-state index contributed by atoms with van der Waals surface area (Å²) >= 11 is 7.77. The molecule has 1 aromatic heterocycles. The maximum atomic E-state index is 8.84. The van der Waals surface area contributed by atoms with E-state index in [1.165, 1.54) is 0 Å². The zero-order valence-electron chi connectivity index (χ0n) is 13.3. The summed E-state index contributed by atoms with van der Waals surface area (Å²) in [6.07, 6.45) is 0. The van der Waals surface area contributed by atoms with Crippen molar-refractivity contribution < 1.29 is 4.74 Å². The Hall–Kier alpha value is -1.81. The number of ether oxygens (including phenoxy) is 1. The molecule has 1 saturated heterocycles. The number of aromatic nitrogens is 2. The average molecular weight is 361 g/mol. The number of hydrogen-bond donors (Lipinski definition) is 0. The average Bonchev–Trinajstić information content (AvgIpc) is 2.60. The zero-order valence-corrected chi connectivity index (χ0v) is 14.8. The highest BCUT2D eigenvalue weighted by Crippen LogP contribution is 2.26. The molecule has 24 heavy (non-hydrogen) atoms. The highest BCUT2D eigenvalue weighted by atomic mass is 35.5.